The molecular weight excluding hydrogens is 420 g/mol. The summed E-state index contributed by atoms with van der Waals surface area (Å²) in [5.41, 5.74) is 3.04. The summed E-state index contributed by atoms with van der Waals surface area (Å²) < 4.78 is 34.2. The van der Waals surface area contributed by atoms with Crippen molar-refractivity contribution in [3.63, 3.8) is 0 Å². The molecule has 152 valence electrons. The Hall–Kier alpha value is -3.09. The minimum absolute atomic E-state index is 0.0789. The zero-order valence-corrected chi connectivity index (χ0v) is 17.7. The summed E-state index contributed by atoms with van der Waals surface area (Å²) in [6.45, 7) is 1.89. The number of nitrogens with one attached hydrogen (secondary N) is 1. The number of rotatable bonds is 6. The summed E-state index contributed by atoms with van der Waals surface area (Å²) in [5.74, 6) is 0.492. The molecule has 4 rings (SSSR count). The molecule has 0 saturated heterocycles. The lowest BCUT2D eigenvalue weighted by molar-refractivity contribution is 0.521. The molecule has 0 amide bonds. The summed E-state index contributed by atoms with van der Waals surface area (Å²) in [4.78, 5) is 4.75. The Kier molecular flexibility index (Phi) is 5.61. The number of anilines is 1. The Morgan fingerprint density at radius 3 is 2.30 bits per heavy atom. The zero-order chi connectivity index (χ0) is 21.1. The van der Waals surface area contributed by atoms with Crippen molar-refractivity contribution in [3.05, 3.63) is 101 Å². The third-order valence-corrected chi connectivity index (χ3v) is 6.18. The minimum atomic E-state index is -3.83. The van der Waals surface area contributed by atoms with Crippen molar-refractivity contribution in [2.24, 2.45) is 0 Å². The van der Waals surface area contributed by atoms with Crippen LogP contribution in [0.15, 0.2) is 88.2 Å². The van der Waals surface area contributed by atoms with E-state index in [2.05, 4.69) is 9.71 Å². The maximum atomic E-state index is 12.9. The van der Waals surface area contributed by atoms with E-state index in [0.29, 0.717) is 23.0 Å². The number of aromatic nitrogens is 1. The number of hydrogen-bond donors (Lipinski definition) is 1. The number of nitrogens with zero attached hydrogens (tertiary/aromatic N) is 1. The third-order valence-electron chi connectivity index (χ3n) is 4.59. The van der Waals surface area contributed by atoms with E-state index in [-0.39, 0.29) is 10.8 Å². The van der Waals surface area contributed by atoms with Gasteiger partial charge >= 0.3 is 0 Å². The van der Waals surface area contributed by atoms with Crippen molar-refractivity contribution in [2.75, 3.05) is 4.72 Å². The van der Waals surface area contributed by atoms with Gasteiger partial charge in [-0.2, -0.15) is 0 Å². The van der Waals surface area contributed by atoms with Crippen LogP contribution in [-0.2, 0) is 16.4 Å². The van der Waals surface area contributed by atoms with Gasteiger partial charge < -0.3 is 4.42 Å². The predicted molar refractivity (Wildman–Crippen MR) is 118 cm³/mol. The van der Waals surface area contributed by atoms with Gasteiger partial charge in [0, 0.05) is 17.0 Å². The van der Waals surface area contributed by atoms with Crippen LogP contribution >= 0.6 is 11.6 Å². The van der Waals surface area contributed by atoms with Gasteiger partial charge in [-0.3, -0.25) is 0 Å². The molecule has 0 aliphatic heterocycles. The lowest BCUT2D eigenvalue weighted by Gasteiger charge is -2.08. The van der Waals surface area contributed by atoms with Crippen LogP contribution in [-0.4, -0.2) is 13.4 Å². The first kappa shape index (κ1) is 20.2. The standard InChI is InChI=1S/C23H19ClN2O3S/c1-16-14-18(24)12-13-20(16)22-23(26-30(27,28)19-10-6-3-7-11-19)29-21(25-22)15-17-8-4-2-5-9-17/h2-14,26H,15H2,1H3. The first-order valence-electron chi connectivity index (χ1n) is 9.30. The van der Waals surface area contributed by atoms with E-state index in [1.54, 1.807) is 30.3 Å². The van der Waals surface area contributed by atoms with Crippen molar-refractivity contribution in [1.29, 1.82) is 0 Å². The first-order valence-corrected chi connectivity index (χ1v) is 11.2. The lowest BCUT2D eigenvalue weighted by atomic mass is 10.1. The third kappa shape index (κ3) is 4.40. The molecule has 1 heterocycles. The highest BCUT2D eigenvalue weighted by molar-refractivity contribution is 7.92. The van der Waals surface area contributed by atoms with Crippen molar-refractivity contribution in [2.45, 2.75) is 18.2 Å². The summed E-state index contributed by atoms with van der Waals surface area (Å²) in [5, 5.41) is 0.593. The van der Waals surface area contributed by atoms with E-state index in [1.807, 2.05) is 43.3 Å². The summed E-state index contributed by atoms with van der Waals surface area (Å²) in [7, 11) is -3.83. The van der Waals surface area contributed by atoms with Gasteiger partial charge in [0.25, 0.3) is 10.0 Å². The van der Waals surface area contributed by atoms with E-state index in [1.165, 1.54) is 12.1 Å². The Labute approximate surface area is 180 Å². The Bertz CT molecular complexity index is 1270. The van der Waals surface area contributed by atoms with Crippen molar-refractivity contribution in [3.8, 4) is 11.3 Å². The van der Waals surface area contributed by atoms with Gasteiger partial charge in [-0.05, 0) is 42.3 Å². The molecule has 30 heavy (non-hydrogen) atoms. The smallest absolute Gasteiger partial charge is 0.264 e. The van der Waals surface area contributed by atoms with Crippen molar-refractivity contribution in [1.82, 2.24) is 4.98 Å². The molecule has 1 N–H and O–H groups in total. The number of oxazole rings is 1. The molecule has 3 aromatic carbocycles. The molecule has 1 aromatic heterocycles. The predicted octanol–water partition coefficient (Wildman–Crippen LogP) is 5.70. The van der Waals surface area contributed by atoms with Gasteiger partial charge in [0.05, 0.1) is 4.90 Å². The molecule has 0 spiro atoms. The molecule has 7 heteroatoms. The molecule has 5 nitrogen and oxygen atoms in total. The van der Waals surface area contributed by atoms with Crippen LogP contribution in [0, 0.1) is 6.92 Å². The van der Waals surface area contributed by atoms with Gasteiger partial charge in [-0.1, -0.05) is 66.2 Å². The number of benzene rings is 3. The molecule has 0 aliphatic carbocycles. The van der Waals surface area contributed by atoms with Gasteiger partial charge in [-0.15, -0.1) is 0 Å². The largest absolute Gasteiger partial charge is 0.423 e. The number of halogens is 1. The highest BCUT2D eigenvalue weighted by Crippen LogP contribution is 2.34. The van der Waals surface area contributed by atoms with Crippen LogP contribution in [0.3, 0.4) is 0 Å². The minimum Gasteiger partial charge on any atom is -0.423 e. The van der Waals surface area contributed by atoms with Crippen LogP contribution in [0.4, 0.5) is 5.88 Å². The molecule has 0 radical (unpaired) electrons. The summed E-state index contributed by atoms with van der Waals surface area (Å²) in [6, 6.07) is 23.2. The average molecular weight is 439 g/mol. The number of sulfonamides is 1. The zero-order valence-electron chi connectivity index (χ0n) is 16.2. The van der Waals surface area contributed by atoms with Crippen LogP contribution in [0.25, 0.3) is 11.3 Å². The molecular formula is C23H19ClN2O3S. The van der Waals surface area contributed by atoms with Gasteiger partial charge in [0.1, 0.15) is 5.69 Å². The molecule has 0 atom stereocenters. The Balaban J connectivity index is 1.77. The summed E-state index contributed by atoms with van der Waals surface area (Å²) in [6.07, 6.45) is 0.438. The molecule has 4 aromatic rings. The fourth-order valence-electron chi connectivity index (χ4n) is 3.14. The lowest BCUT2D eigenvalue weighted by Crippen LogP contribution is -2.13. The second kappa shape index (κ2) is 8.34. The first-order chi connectivity index (χ1) is 14.4. The fraction of sp³-hybridized carbons (Fsp3) is 0.0870. The molecule has 0 bridgehead atoms. The van der Waals surface area contributed by atoms with Crippen molar-refractivity contribution < 1.29 is 12.8 Å². The van der Waals surface area contributed by atoms with E-state index < -0.39 is 10.0 Å². The molecule has 0 unspecified atom stereocenters. The van der Waals surface area contributed by atoms with Crippen LogP contribution in [0.5, 0.6) is 0 Å². The maximum absolute atomic E-state index is 12.9. The van der Waals surface area contributed by atoms with Crippen LogP contribution in [0.2, 0.25) is 5.02 Å². The van der Waals surface area contributed by atoms with Crippen molar-refractivity contribution >= 4 is 27.5 Å². The van der Waals surface area contributed by atoms with Gasteiger partial charge in [0.2, 0.25) is 11.8 Å². The maximum Gasteiger partial charge on any atom is 0.264 e. The van der Waals surface area contributed by atoms with E-state index in [0.717, 1.165) is 16.7 Å². The Morgan fingerprint density at radius 1 is 0.967 bits per heavy atom. The highest BCUT2D eigenvalue weighted by Gasteiger charge is 2.23. The monoisotopic (exact) mass is 438 g/mol. The summed E-state index contributed by atoms with van der Waals surface area (Å²) >= 11 is 6.09. The SMILES string of the molecule is Cc1cc(Cl)ccc1-c1nc(Cc2ccccc2)oc1NS(=O)(=O)c1ccccc1. The second-order valence-corrected chi connectivity index (χ2v) is 8.94. The van der Waals surface area contributed by atoms with Crippen LogP contribution in [0.1, 0.15) is 17.0 Å². The average Bonchev–Trinajstić information content (AvgIpc) is 3.10. The van der Waals surface area contributed by atoms with E-state index in [9.17, 15) is 8.42 Å². The molecule has 0 saturated carbocycles. The second-order valence-electron chi connectivity index (χ2n) is 6.83. The van der Waals surface area contributed by atoms with E-state index >= 15 is 0 Å². The molecule has 0 fully saturated rings. The highest BCUT2D eigenvalue weighted by atomic mass is 35.5. The van der Waals surface area contributed by atoms with Crippen LogP contribution < -0.4 is 4.72 Å². The fourth-order valence-corrected chi connectivity index (χ4v) is 4.38. The Morgan fingerprint density at radius 2 is 1.63 bits per heavy atom. The van der Waals surface area contributed by atoms with E-state index in [4.69, 9.17) is 16.0 Å². The topological polar surface area (TPSA) is 72.2 Å². The number of aryl methyl sites for hydroxylation is 1. The quantitative estimate of drug-likeness (QED) is 0.419. The van der Waals surface area contributed by atoms with Gasteiger partial charge in [0.15, 0.2) is 0 Å². The number of hydrogen-bond acceptors (Lipinski definition) is 4. The molecule has 0 aliphatic rings. The van der Waals surface area contributed by atoms with Gasteiger partial charge in [-0.25, -0.2) is 18.1 Å². The normalized spacial score (nSPS) is 11.4.